The number of carbonyl (C=O) groups excluding carboxylic acids is 1. The zero-order valence-corrected chi connectivity index (χ0v) is 12.5. The van der Waals surface area contributed by atoms with Gasteiger partial charge in [-0.25, -0.2) is 0 Å². The lowest BCUT2D eigenvalue weighted by Gasteiger charge is -2.24. The van der Waals surface area contributed by atoms with E-state index >= 15 is 0 Å². The highest BCUT2D eigenvalue weighted by molar-refractivity contribution is 5.75. The molecule has 2 heterocycles. The number of aromatic nitrogens is 1. The van der Waals surface area contributed by atoms with Gasteiger partial charge in [0.2, 0.25) is 0 Å². The van der Waals surface area contributed by atoms with Crippen LogP contribution in [0.15, 0.2) is 42.6 Å². The summed E-state index contributed by atoms with van der Waals surface area (Å²) in [6.07, 6.45) is 4.37. The molecule has 0 spiro atoms. The number of nitrogens with zero attached hydrogens (tertiary/aromatic N) is 1. The second kappa shape index (κ2) is 6.66. The van der Waals surface area contributed by atoms with Crippen LogP contribution in [0.4, 0.5) is 0 Å². The molecule has 5 heteroatoms. The van der Waals surface area contributed by atoms with Crippen molar-refractivity contribution in [2.24, 2.45) is 5.73 Å². The molecular formula is C17H21N3O2. The maximum Gasteiger partial charge on any atom is 0.255 e. The maximum absolute atomic E-state index is 10.8. The Bertz CT molecular complexity index is 625. The predicted molar refractivity (Wildman–Crippen MR) is 84.3 cm³/mol. The summed E-state index contributed by atoms with van der Waals surface area (Å²) in [6.45, 7) is 1.88. The summed E-state index contributed by atoms with van der Waals surface area (Å²) < 4.78 is 5.37. The number of carbonyl (C=O) groups is 1. The maximum atomic E-state index is 10.8. The van der Waals surface area contributed by atoms with E-state index in [9.17, 15) is 4.79 Å². The number of nitrogens with two attached hydrogens (primary N) is 1. The molecule has 1 aromatic heterocycles. The Kier molecular flexibility index (Phi) is 4.44. The standard InChI is InChI=1S/C17H21N3O2/c18-17(21)12-22-14-5-1-4-13(10-14)11-20-9-3-7-16(20)15-6-2-8-19-15/h1-2,4-6,8,10,16,19H,3,7,9,11-12H2,(H2,18,21)/t16-/m0/s1. The van der Waals surface area contributed by atoms with E-state index in [0.717, 1.165) is 13.1 Å². The lowest BCUT2D eigenvalue weighted by molar-refractivity contribution is -0.119. The van der Waals surface area contributed by atoms with Crippen LogP contribution in [-0.2, 0) is 11.3 Å². The van der Waals surface area contributed by atoms with Crippen molar-refractivity contribution in [3.05, 3.63) is 53.9 Å². The van der Waals surface area contributed by atoms with Gasteiger partial charge in [0.1, 0.15) is 5.75 Å². The molecule has 0 unspecified atom stereocenters. The summed E-state index contributed by atoms with van der Waals surface area (Å²) in [5.74, 6) is 0.226. The SMILES string of the molecule is NC(=O)COc1cccc(CN2CCC[C@H]2c2ccc[nH]2)c1. The first-order chi connectivity index (χ1) is 10.7. The van der Waals surface area contributed by atoms with Crippen molar-refractivity contribution in [2.45, 2.75) is 25.4 Å². The number of rotatable bonds is 6. The quantitative estimate of drug-likeness (QED) is 0.859. The molecule has 3 rings (SSSR count). The Morgan fingerprint density at radius 1 is 1.36 bits per heavy atom. The molecule has 1 aromatic carbocycles. The Morgan fingerprint density at radius 3 is 3.05 bits per heavy atom. The third kappa shape index (κ3) is 3.49. The molecule has 1 amide bonds. The van der Waals surface area contributed by atoms with Crippen molar-refractivity contribution in [3.8, 4) is 5.75 Å². The van der Waals surface area contributed by atoms with Gasteiger partial charge in [0.25, 0.3) is 5.91 Å². The Hall–Kier alpha value is -2.27. The van der Waals surface area contributed by atoms with Crippen LogP contribution in [0.25, 0.3) is 0 Å². The fourth-order valence-electron chi connectivity index (χ4n) is 3.04. The van der Waals surface area contributed by atoms with Crippen molar-refractivity contribution >= 4 is 5.91 Å². The number of H-pyrrole nitrogens is 1. The zero-order chi connectivity index (χ0) is 15.4. The third-order valence-electron chi connectivity index (χ3n) is 4.01. The van der Waals surface area contributed by atoms with Crippen LogP contribution in [0, 0.1) is 0 Å². The van der Waals surface area contributed by atoms with Crippen LogP contribution in [0.3, 0.4) is 0 Å². The van der Waals surface area contributed by atoms with Crippen molar-refractivity contribution in [3.63, 3.8) is 0 Å². The van der Waals surface area contributed by atoms with Gasteiger partial charge in [-0.1, -0.05) is 12.1 Å². The molecule has 0 bridgehead atoms. The Balaban J connectivity index is 1.67. The molecule has 3 N–H and O–H groups in total. The van der Waals surface area contributed by atoms with E-state index in [1.807, 2.05) is 30.5 Å². The van der Waals surface area contributed by atoms with Gasteiger partial charge in [-0.05, 0) is 49.2 Å². The summed E-state index contributed by atoms with van der Waals surface area (Å²) in [5, 5.41) is 0. The van der Waals surface area contributed by atoms with Crippen LogP contribution in [0.2, 0.25) is 0 Å². The minimum absolute atomic E-state index is 0.0851. The van der Waals surface area contributed by atoms with Gasteiger partial charge >= 0.3 is 0 Å². The van der Waals surface area contributed by atoms with Gasteiger partial charge in [-0.3, -0.25) is 9.69 Å². The number of likely N-dealkylation sites (tertiary alicyclic amines) is 1. The highest BCUT2D eigenvalue weighted by Crippen LogP contribution is 2.32. The Morgan fingerprint density at radius 2 is 2.27 bits per heavy atom. The first kappa shape index (κ1) is 14.7. The van der Waals surface area contributed by atoms with Crippen LogP contribution in [0.5, 0.6) is 5.75 Å². The van der Waals surface area contributed by atoms with E-state index in [0.29, 0.717) is 11.8 Å². The number of aromatic amines is 1. The third-order valence-corrected chi connectivity index (χ3v) is 4.01. The molecule has 1 saturated heterocycles. The molecule has 1 aliphatic rings. The fourth-order valence-corrected chi connectivity index (χ4v) is 3.04. The molecule has 2 aromatic rings. The first-order valence-corrected chi connectivity index (χ1v) is 7.60. The number of primary amides is 1. The van der Waals surface area contributed by atoms with Gasteiger partial charge in [-0.15, -0.1) is 0 Å². The summed E-state index contributed by atoms with van der Waals surface area (Å²) in [6, 6.07) is 12.5. The zero-order valence-electron chi connectivity index (χ0n) is 12.5. The largest absolute Gasteiger partial charge is 0.484 e. The number of ether oxygens (including phenoxy) is 1. The van der Waals surface area contributed by atoms with Crippen LogP contribution < -0.4 is 10.5 Å². The summed E-state index contributed by atoms with van der Waals surface area (Å²) in [4.78, 5) is 16.6. The average Bonchev–Trinajstić information content (AvgIpc) is 3.16. The molecule has 0 saturated carbocycles. The number of hydrogen-bond donors (Lipinski definition) is 2. The summed E-state index contributed by atoms with van der Waals surface area (Å²) >= 11 is 0. The second-order valence-electron chi connectivity index (χ2n) is 5.66. The number of amides is 1. The summed E-state index contributed by atoms with van der Waals surface area (Å²) in [7, 11) is 0. The fraction of sp³-hybridized carbons (Fsp3) is 0.353. The smallest absolute Gasteiger partial charge is 0.255 e. The number of nitrogens with one attached hydrogen (secondary N) is 1. The van der Waals surface area contributed by atoms with E-state index < -0.39 is 5.91 Å². The van der Waals surface area contributed by atoms with Gasteiger partial charge in [0.05, 0.1) is 6.04 Å². The lowest BCUT2D eigenvalue weighted by Crippen LogP contribution is -2.23. The second-order valence-corrected chi connectivity index (χ2v) is 5.66. The molecule has 116 valence electrons. The first-order valence-electron chi connectivity index (χ1n) is 7.60. The normalized spacial score (nSPS) is 18.5. The molecule has 0 radical (unpaired) electrons. The molecule has 1 aliphatic heterocycles. The van der Waals surface area contributed by atoms with Crippen molar-refractivity contribution in [1.82, 2.24) is 9.88 Å². The Labute approximate surface area is 130 Å². The van der Waals surface area contributed by atoms with Crippen LogP contribution in [0.1, 0.15) is 30.1 Å². The molecule has 1 fully saturated rings. The van der Waals surface area contributed by atoms with E-state index in [2.05, 4.69) is 22.0 Å². The highest BCUT2D eigenvalue weighted by Gasteiger charge is 2.26. The van der Waals surface area contributed by atoms with E-state index in [4.69, 9.17) is 10.5 Å². The van der Waals surface area contributed by atoms with Crippen molar-refractivity contribution in [1.29, 1.82) is 0 Å². The van der Waals surface area contributed by atoms with Gasteiger partial charge in [0.15, 0.2) is 6.61 Å². The molecular weight excluding hydrogens is 278 g/mol. The van der Waals surface area contributed by atoms with Crippen molar-refractivity contribution in [2.75, 3.05) is 13.2 Å². The van der Waals surface area contributed by atoms with Gasteiger partial charge < -0.3 is 15.5 Å². The number of benzene rings is 1. The molecule has 5 nitrogen and oxygen atoms in total. The van der Waals surface area contributed by atoms with Crippen LogP contribution in [-0.4, -0.2) is 28.9 Å². The van der Waals surface area contributed by atoms with Crippen LogP contribution >= 0.6 is 0 Å². The monoisotopic (exact) mass is 299 g/mol. The van der Waals surface area contributed by atoms with E-state index in [1.165, 1.54) is 24.1 Å². The minimum atomic E-state index is -0.461. The minimum Gasteiger partial charge on any atom is -0.484 e. The average molecular weight is 299 g/mol. The van der Waals surface area contributed by atoms with E-state index in [1.54, 1.807) is 0 Å². The van der Waals surface area contributed by atoms with E-state index in [-0.39, 0.29) is 6.61 Å². The van der Waals surface area contributed by atoms with Gasteiger partial charge in [0, 0.05) is 18.4 Å². The van der Waals surface area contributed by atoms with Crippen molar-refractivity contribution < 1.29 is 9.53 Å². The molecule has 22 heavy (non-hydrogen) atoms. The molecule has 1 atom stereocenters. The summed E-state index contributed by atoms with van der Waals surface area (Å²) in [5.41, 5.74) is 7.56. The molecule has 0 aliphatic carbocycles. The lowest BCUT2D eigenvalue weighted by atomic mass is 10.1. The topological polar surface area (TPSA) is 71.4 Å². The highest BCUT2D eigenvalue weighted by atomic mass is 16.5. The number of hydrogen-bond acceptors (Lipinski definition) is 3. The predicted octanol–water partition coefficient (Wildman–Crippen LogP) is 2.22. The van der Waals surface area contributed by atoms with Gasteiger partial charge in [-0.2, -0.15) is 0 Å².